The summed E-state index contributed by atoms with van der Waals surface area (Å²) in [6.07, 6.45) is 1.07. The first kappa shape index (κ1) is 11.8. The monoisotopic (exact) mass is 224 g/mol. The molecule has 0 fully saturated rings. The van der Waals surface area contributed by atoms with Gasteiger partial charge in [0.05, 0.1) is 17.6 Å². The molecule has 0 N–H and O–H groups in total. The van der Waals surface area contributed by atoms with Gasteiger partial charge in [0.15, 0.2) is 11.5 Å². The van der Waals surface area contributed by atoms with Gasteiger partial charge in [0, 0.05) is 19.2 Å². The molecular formula is C9H8N2O5. The number of Topliss-reactive ketones (excluding diaryl/α,β-unsaturated/α-hetero) is 1. The minimum absolute atomic E-state index is 0.0702. The number of hydrogen-bond donors (Lipinski definition) is 0. The summed E-state index contributed by atoms with van der Waals surface area (Å²) in [4.78, 5) is 35.6. The largest absolute Gasteiger partial charge is 0.465 e. The molecule has 1 aromatic rings. The number of carbonyl (C=O) groups is 2. The molecule has 0 aliphatic heterocycles. The van der Waals surface area contributed by atoms with Crippen LogP contribution in [0.3, 0.4) is 0 Å². The molecule has 0 atom stereocenters. The Balaban J connectivity index is 3.34. The summed E-state index contributed by atoms with van der Waals surface area (Å²) in [5, 5.41) is 10.7. The van der Waals surface area contributed by atoms with E-state index in [0.29, 0.717) is 0 Å². The molecule has 0 amide bonds. The number of hydrogen-bond acceptors (Lipinski definition) is 6. The Kier molecular flexibility index (Phi) is 3.29. The van der Waals surface area contributed by atoms with Crippen molar-refractivity contribution in [3.63, 3.8) is 0 Å². The van der Waals surface area contributed by atoms with E-state index in [1.54, 1.807) is 0 Å². The molecule has 0 aromatic carbocycles. The van der Waals surface area contributed by atoms with Crippen LogP contribution in [0.15, 0.2) is 12.3 Å². The zero-order valence-electron chi connectivity index (χ0n) is 8.59. The number of aromatic nitrogens is 1. The molecule has 7 nitrogen and oxygen atoms in total. The van der Waals surface area contributed by atoms with Crippen LogP contribution >= 0.6 is 0 Å². The summed E-state index contributed by atoms with van der Waals surface area (Å²) in [5.41, 5.74) is -0.854. The van der Waals surface area contributed by atoms with Gasteiger partial charge in [0.25, 0.3) is 5.69 Å². The molecule has 0 saturated carbocycles. The average Bonchev–Trinajstić information content (AvgIpc) is 2.26. The van der Waals surface area contributed by atoms with E-state index in [9.17, 15) is 19.7 Å². The lowest BCUT2D eigenvalue weighted by atomic mass is 10.2. The van der Waals surface area contributed by atoms with E-state index in [2.05, 4.69) is 9.72 Å². The quantitative estimate of drug-likeness (QED) is 0.328. The van der Waals surface area contributed by atoms with Crippen LogP contribution in [0.4, 0.5) is 5.69 Å². The number of ketones is 1. The Morgan fingerprint density at radius 3 is 2.56 bits per heavy atom. The summed E-state index contributed by atoms with van der Waals surface area (Å²) in [6.45, 7) is 1.16. The van der Waals surface area contributed by atoms with Crippen molar-refractivity contribution < 1.29 is 19.2 Å². The molecule has 1 aromatic heterocycles. The average molecular weight is 224 g/mol. The van der Waals surface area contributed by atoms with Crippen molar-refractivity contribution in [2.24, 2.45) is 0 Å². The predicted octanol–water partition coefficient (Wildman–Crippen LogP) is 0.979. The van der Waals surface area contributed by atoms with Crippen LogP contribution in [0.2, 0.25) is 0 Å². The number of nitro groups is 1. The van der Waals surface area contributed by atoms with Gasteiger partial charge in [0.1, 0.15) is 0 Å². The molecule has 0 unspecified atom stereocenters. The van der Waals surface area contributed by atoms with Gasteiger partial charge >= 0.3 is 5.97 Å². The SMILES string of the molecule is COC(=O)c1cnc(C(C)=O)c([N+](=O)[O-])c1. The molecule has 0 aliphatic rings. The molecular weight excluding hydrogens is 216 g/mol. The second kappa shape index (κ2) is 4.47. The zero-order valence-corrected chi connectivity index (χ0v) is 8.59. The van der Waals surface area contributed by atoms with Crippen molar-refractivity contribution in [1.82, 2.24) is 4.98 Å². The third kappa shape index (κ3) is 2.19. The van der Waals surface area contributed by atoms with Gasteiger partial charge in [0.2, 0.25) is 0 Å². The third-order valence-corrected chi connectivity index (χ3v) is 1.82. The van der Waals surface area contributed by atoms with Crippen LogP contribution in [0.25, 0.3) is 0 Å². The van der Waals surface area contributed by atoms with Gasteiger partial charge in [-0.15, -0.1) is 0 Å². The van der Waals surface area contributed by atoms with E-state index in [4.69, 9.17) is 0 Å². The number of rotatable bonds is 3. The van der Waals surface area contributed by atoms with Crippen LogP contribution in [0, 0.1) is 10.1 Å². The van der Waals surface area contributed by atoms with Crippen LogP contribution in [-0.2, 0) is 4.74 Å². The van der Waals surface area contributed by atoms with Crippen LogP contribution < -0.4 is 0 Å². The standard InChI is InChI=1S/C9H8N2O5/c1-5(12)8-7(11(14)15)3-6(4-10-8)9(13)16-2/h3-4H,1-2H3. The lowest BCUT2D eigenvalue weighted by Crippen LogP contribution is -2.08. The second-order valence-electron chi connectivity index (χ2n) is 2.90. The van der Waals surface area contributed by atoms with Gasteiger partial charge in [-0.05, 0) is 0 Å². The summed E-state index contributed by atoms with van der Waals surface area (Å²) in [5.74, 6) is -1.28. The molecule has 0 bridgehead atoms. The predicted molar refractivity (Wildman–Crippen MR) is 52.2 cm³/mol. The van der Waals surface area contributed by atoms with Crippen LogP contribution in [0.5, 0.6) is 0 Å². The highest BCUT2D eigenvalue weighted by molar-refractivity contribution is 5.98. The normalized spacial score (nSPS) is 9.62. The second-order valence-corrected chi connectivity index (χ2v) is 2.90. The molecule has 1 heterocycles. The molecule has 1 rings (SSSR count). The first-order valence-electron chi connectivity index (χ1n) is 4.21. The Morgan fingerprint density at radius 2 is 2.12 bits per heavy atom. The smallest absolute Gasteiger partial charge is 0.339 e. The van der Waals surface area contributed by atoms with Crippen molar-refractivity contribution in [3.05, 3.63) is 33.6 Å². The Bertz CT molecular complexity index is 469. The number of carbonyl (C=O) groups excluding carboxylic acids is 2. The maximum absolute atomic E-state index is 11.1. The molecule has 0 spiro atoms. The lowest BCUT2D eigenvalue weighted by Gasteiger charge is -2.01. The van der Waals surface area contributed by atoms with Crippen molar-refractivity contribution >= 4 is 17.4 Å². The van der Waals surface area contributed by atoms with E-state index in [1.165, 1.54) is 0 Å². The van der Waals surface area contributed by atoms with E-state index in [-0.39, 0.29) is 11.3 Å². The van der Waals surface area contributed by atoms with Crippen molar-refractivity contribution in [2.45, 2.75) is 6.92 Å². The van der Waals surface area contributed by atoms with Crippen molar-refractivity contribution in [1.29, 1.82) is 0 Å². The van der Waals surface area contributed by atoms with Crippen molar-refractivity contribution in [2.75, 3.05) is 7.11 Å². The van der Waals surface area contributed by atoms with Gasteiger partial charge in [-0.25, -0.2) is 9.78 Å². The van der Waals surface area contributed by atoms with E-state index < -0.39 is 22.4 Å². The first-order chi connectivity index (χ1) is 7.47. The highest BCUT2D eigenvalue weighted by Gasteiger charge is 2.21. The Morgan fingerprint density at radius 1 is 1.50 bits per heavy atom. The fraction of sp³-hybridized carbons (Fsp3) is 0.222. The molecule has 84 valence electrons. The fourth-order valence-corrected chi connectivity index (χ4v) is 1.09. The highest BCUT2D eigenvalue weighted by Crippen LogP contribution is 2.18. The van der Waals surface area contributed by atoms with Crippen molar-refractivity contribution in [3.8, 4) is 0 Å². The van der Waals surface area contributed by atoms with E-state index in [1.807, 2.05) is 0 Å². The number of ether oxygens (including phenoxy) is 1. The summed E-state index contributed by atoms with van der Waals surface area (Å²) < 4.78 is 4.38. The van der Waals surface area contributed by atoms with Gasteiger partial charge in [-0.3, -0.25) is 14.9 Å². The number of pyridine rings is 1. The maximum Gasteiger partial charge on any atom is 0.339 e. The summed E-state index contributed by atoms with van der Waals surface area (Å²) >= 11 is 0. The number of esters is 1. The number of methoxy groups -OCH3 is 1. The lowest BCUT2D eigenvalue weighted by molar-refractivity contribution is -0.385. The third-order valence-electron chi connectivity index (χ3n) is 1.82. The molecule has 7 heteroatoms. The summed E-state index contributed by atoms with van der Waals surface area (Å²) in [7, 11) is 1.15. The molecule has 0 saturated heterocycles. The zero-order chi connectivity index (χ0) is 12.3. The molecule has 0 radical (unpaired) electrons. The highest BCUT2D eigenvalue weighted by atomic mass is 16.6. The van der Waals surface area contributed by atoms with Gasteiger partial charge in [-0.1, -0.05) is 0 Å². The van der Waals surface area contributed by atoms with Crippen LogP contribution in [-0.4, -0.2) is 28.8 Å². The Hall–Kier alpha value is -2.31. The topological polar surface area (TPSA) is 99.4 Å². The summed E-state index contributed by atoms with van der Waals surface area (Å²) in [6, 6.07) is 0.968. The molecule has 0 aliphatic carbocycles. The fourth-order valence-electron chi connectivity index (χ4n) is 1.09. The minimum Gasteiger partial charge on any atom is -0.465 e. The van der Waals surface area contributed by atoms with Gasteiger partial charge < -0.3 is 4.74 Å². The van der Waals surface area contributed by atoms with E-state index in [0.717, 1.165) is 26.3 Å². The van der Waals surface area contributed by atoms with Crippen LogP contribution in [0.1, 0.15) is 27.8 Å². The van der Waals surface area contributed by atoms with E-state index >= 15 is 0 Å². The first-order valence-corrected chi connectivity index (χ1v) is 4.21. The minimum atomic E-state index is -0.768. The maximum atomic E-state index is 11.1. The molecule has 16 heavy (non-hydrogen) atoms. The van der Waals surface area contributed by atoms with Gasteiger partial charge in [-0.2, -0.15) is 0 Å². The number of nitrogens with zero attached hydrogens (tertiary/aromatic N) is 2. The Labute approximate surface area is 90.2 Å².